The van der Waals surface area contributed by atoms with Crippen LogP contribution in [0.4, 0.5) is 0 Å². The van der Waals surface area contributed by atoms with Gasteiger partial charge in [-0.15, -0.1) is 0 Å². The smallest absolute Gasteiger partial charge is 0.313 e. The van der Waals surface area contributed by atoms with Gasteiger partial charge in [0.2, 0.25) is 7.37 Å². The molecule has 0 radical (unpaired) electrons. The third-order valence-corrected chi connectivity index (χ3v) is 4.05. The maximum Gasteiger partial charge on any atom is 0.313 e. The predicted octanol–water partition coefficient (Wildman–Crippen LogP) is 2.19. The molecule has 0 aliphatic heterocycles. The summed E-state index contributed by atoms with van der Waals surface area (Å²) in [5, 5.41) is 8.48. The second-order valence-electron chi connectivity index (χ2n) is 2.87. The van der Waals surface area contributed by atoms with Gasteiger partial charge in [0.05, 0.1) is 6.61 Å². The molecular weight excluding hydrogens is 191 g/mol. The van der Waals surface area contributed by atoms with Crippen LogP contribution in [-0.4, -0.2) is 30.0 Å². The first-order valence-electron chi connectivity index (χ1n) is 4.48. The van der Waals surface area contributed by atoms with Gasteiger partial charge in [0.25, 0.3) is 0 Å². The summed E-state index contributed by atoms with van der Waals surface area (Å²) in [6.45, 7) is 4.09. The molecule has 0 aromatic heterocycles. The highest BCUT2D eigenvalue weighted by atomic mass is 31.2. The molecule has 0 aliphatic carbocycles. The molecule has 5 heteroatoms. The maximum absolute atomic E-state index is 11.7. The number of carboxylic acid groups (broad SMARTS) is 1. The van der Waals surface area contributed by atoms with E-state index in [2.05, 4.69) is 0 Å². The molecule has 0 saturated heterocycles. The fourth-order valence-corrected chi connectivity index (χ4v) is 2.20. The summed E-state index contributed by atoms with van der Waals surface area (Å²) < 4.78 is 16.8. The molecule has 0 fully saturated rings. The Morgan fingerprint density at radius 3 is 2.46 bits per heavy atom. The number of carboxylic acids is 1. The number of hydrogen-bond acceptors (Lipinski definition) is 3. The Bertz CT molecular complexity index is 202. The Balaban J connectivity index is 3.97. The van der Waals surface area contributed by atoms with E-state index in [1.165, 1.54) is 0 Å². The van der Waals surface area contributed by atoms with Gasteiger partial charge in [-0.3, -0.25) is 9.36 Å². The van der Waals surface area contributed by atoms with Crippen LogP contribution in [0.15, 0.2) is 0 Å². The number of carbonyl (C=O) groups is 1. The summed E-state index contributed by atoms with van der Waals surface area (Å²) in [6.07, 6.45) is 1.72. The molecule has 0 aromatic rings. The van der Waals surface area contributed by atoms with Crippen molar-refractivity contribution in [1.82, 2.24) is 0 Å². The van der Waals surface area contributed by atoms with Gasteiger partial charge in [-0.05, 0) is 6.42 Å². The average molecular weight is 208 g/mol. The zero-order chi connectivity index (χ0) is 10.3. The fourth-order valence-electron chi connectivity index (χ4n) is 0.830. The molecule has 1 unspecified atom stereocenters. The van der Waals surface area contributed by atoms with Crippen LogP contribution in [0.2, 0.25) is 0 Å². The summed E-state index contributed by atoms with van der Waals surface area (Å²) in [5.74, 6) is -1.05. The van der Waals surface area contributed by atoms with E-state index in [-0.39, 0.29) is 6.16 Å². The third-order valence-electron chi connectivity index (χ3n) is 1.68. The average Bonchev–Trinajstić information content (AvgIpc) is 2.04. The van der Waals surface area contributed by atoms with E-state index in [9.17, 15) is 9.36 Å². The van der Waals surface area contributed by atoms with Gasteiger partial charge in [0.15, 0.2) is 0 Å². The third kappa shape index (κ3) is 5.83. The van der Waals surface area contributed by atoms with Crippen molar-refractivity contribution in [1.29, 1.82) is 0 Å². The zero-order valence-electron chi connectivity index (χ0n) is 8.15. The van der Waals surface area contributed by atoms with Crippen LogP contribution < -0.4 is 0 Å². The van der Waals surface area contributed by atoms with Crippen molar-refractivity contribution in [3.63, 3.8) is 0 Å². The minimum absolute atomic E-state index is 0.295. The van der Waals surface area contributed by atoms with E-state index in [0.717, 1.165) is 12.8 Å². The van der Waals surface area contributed by atoms with Crippen LogP contribution in [0.3, 0.4) is 0 Å². The van der Waals surface area contributed by atoms with Crippen LogP contribution in [0.1, 0.15) is 26.7 Å². The monoisotopic (exact) mass is 208 g/mol. The molecule has 0 saturated carbocycles. The zero-order valence-corrected chi connectivity index (χ0v) is 9.05. The van der Waals surface area contributed by atoms with Crippen LogP contribution in [-0.2, 0) is 13.9 Å². The summed E-state index contributed by atoms with van der Waals surface area (Å²) in [4.78, 5) is 10.4. The second-order valence-corrected chi connectivity index (χ2v) is 5.71. The van der Waals surface area contributed by atoms with Crippen LogP contribution in [0.25, 0.3) is 0 Å². The van der Waals surface area contributed by atoms with Crippen molar-refractivity contribution in [3.8, 4) is 0 Å². The lowest BCUT2D eigenvalue weighted by Gasteiger charge is -2.14. The summed E-state index contributed by atoms with van der Waals surface area (Å²) in [7, 11) is -2.89. The number of unbranched alkanes of at least 4 members (excludes halogenated alkanes) is 1. The molecule has 78 valence electrons. The van der Waals surface area contributed by atoms with Crippen LogP contribution in [0.5, 0.6) is 0 Å². The van der Waals surface area contributed by atoms with Gasteiger partial charge in [-0.1, -0.05) is 20.3 Å². The van der Waals surface area contributed by atoms with Gasteiger partial charge >= 0.3 is 5.97 Å². The Morgan fingerprint density at radius 2 is 2.08 bits per heavy atom. The molecule has 0 spiro atoms. The molecule has 0 amide bonds. The van der Waals surface area contributed by atoms with Gasteiger partial charge in [0, 0.05) is 6.16 Å². The second kappa shape index (κ2) is 6.17. The lowest BCUT2D eigenvalue weighted by atomic mass is 10.4. The van der Waals surface area contributed by atoms with Gasteiger partial charge in [-0.25, -0.2) is 0 Å². The predicted molar refractivity (Wildman–Crippen MR) is 51.5 cm³/mol. The Kier molecular flexibility index (Phi) is 6.00. The quantitative estimate of drug-likeness (QED) is 0.514. The molecular formula is C8H17O4P. The minimum atomic E-state index is -2.89. The lowest BCUT2D eigenvalue weighted by Crippen LogP contribution is -2.08. The molecule has 0 heterocycles. The van der Waals surface area contributed by atoms with Crippen molar-refractivity contribution in [3.05, 3.63) is 0 Å². The molecule has 0 aliphatic rings. The molecule has 13 heavy (non-hydrogen) atoms. The molecule has 0 rings (SSSR count). The SMILES string of the molecule is CCCCOP(=O)(CC)CC(=O)O. The maximum atomic E-state index is 11.7. The van der Waals surface area contributed by atoms with Gasteiger partial charge in [0.1, 0.15) is 6.16 Å². The normalized spacial score (nSPS) is 15.2. The van der Waals surface area contributed by atoms with Crippen molar-refractivity contribution in [2.75, 3.05) is 18.9 Å². The van der Waals surface area contributed by atoms with E-state index in [4.69, 9.17) is 9.63 Å². The fraction of sp³-hybridized carbons (Fsp3) is 0.875. The summed E-state index contributed by atoms with van der Waals surface area (Å²) >= 11 is 0. The Labute approximate surface area is 78.7 Å². The summed E-state index contributed by atoms with van der Waals surface area (Å²) in [6, 6.07) is 0. The first-order valence-corrected chi connectivity index (χ1v) is 6.48. The van der Waals surface area contributed by atoms with Crippen molar-refractivity contribution >= 4 is 13.3 Å². The van der Waals surface area contributed by atoms with E-state index in [0.29, 0.717) is 12.8 Å². The topological polar surface area (TPSA) is 63.6 Å². The first kappa shape index (κ1) is 12.7. The van der Waals surface area contributed by atoms with Gasteiger partial charge < -0.3 is 9.63 Å². The highest BCUT2D eigenvalue weighted by molar-refractivity contribution is 7.59. The minimum Gasteiger partial charge on any atom is -0.481 e. The molecule has 0 bridgehead atoms. The number of aliphatic carboxylic acids is 1. The van der Waals surface area contributed by atoms with E-state index in [1.807, 2.05) is 6.92 Å². The Hall–Kier alpha value is -0.340. The van der Waals surface area contributed by atoms with Crippen molar-refractivity contribution < 1.29 is 19.0 Å². The molecule has 1 N–H and O–H groups in total. The number of rotatable bonds is 7. The Morgan fingerprint density at radius 1 is 1.46 bits per heavy atom. The van der Waals surface area contributed by atoms with Crippen molar-refractivity contribution in [2.45, 2.75) is 26.7 Å². The van der Waals surface area contributed by atoms with Crippen molar-refractivity contribution in [2.24, 2.45) is 0 Å². The molecule has 1 atom stereocenters. The molecule has 4 nitrogen and oxygen atoms in total. The highest BCUT2D eigenvalue weighted by Gasteiger charge is 2.23. The largest absolute Gasteiger partial charge is 0.481 e. The summed E-state index contributed by atoms with van der Waals surface area (Å²) in [5.41, 5.74) is 0. The van der Waals surface area contributed by atoms with E-state index in [1.54, 1.807) is 6.92 Å². The van der Waals surface area contributed by atoms with Gasteiger partial charge in [-0.2, -0.15) is 0 Å². The van der Waals surface area contributed by atoms with Crippen LogP contribution in [0, 0.1) is 0 Å². The molecule has 0 aromatic carbocycles. The standard InChI is InChI=1S/C8H17O4P/c1-3-5-6-12-13(11,4-2)7-8(9)10/h3-7H2,1-2H3,(H,9,10). The van der Waals surface area contributed by atoms with E-state index >= 15 is 0 Å². The first-order chi connectivity index (χ1) is 6.04. The van der Waals surface area contributed by atoms with Crippen LogP contribution >= 0.6 is 7.37 Å². The van der Waals surface area contributed by atoms with E-state index < -0.39 is 13.3 Å². The number of hydrogen-bond donors (Lipinski definition) is 1. The lowest BCUT2D eigenvalue weighted by molar-refractivity contribution is -0.134. The highest BCUT2D eigenvalue weighted by Crippen LogP contribution is 2.46.